The maximum atomic E-state index is 10.6. The highest BCUT2D eigenvalue weighted by molar-refractivity contribution is 5.46. The van der Waals surface area contributed by atoms with Crippen LogP contribution < -0.4 is 4.90 Å². The van der Waals surface area contributed by atoms with Crippen LogP contribution in [0, 0.1) is 10.1 Å². The van der Waals surface area contributed by atoms with Crippen molar-refractivity contribution in [2.24, 2.45) is 0 Å². The van der Waals surface area contributed by atoms with Crippen LogP contribution in [0.25, 0.3) is 0 Å². The quantitative estimate of drug-likeness (QED) is 0.627. The van der Waals surface area contributed by atoms with Gasteiger partial charge < -0.3 is 24.5 Å². The van der Waals surface area contributed by atoms with Gasteiger partial charge in [0, 0.05) is 32.0 Å². The minimum absolute atomic E-state index is 0.123. The van der Waals surface area contributed by atoms with Crippen molar-refractivity contribution in [3.63, 3.8) is 0 Å². The van der Waals surface area contributed by atoms with Crippen molar-refractivity contribution >= 4 is 11.5 Å². The van der Waals surface area contributed by atoms with Crippen molar-refractivity contribution in [3.05, 3.63) is 28.4 Å². The van der Waals surface area contributed by atoms with Crippen LogP contribution in [0.15, 0.2) is 18.3 Å². The normalized spacial score (nSPS) is 21.6. The molecule has 0 unspecified atom stereocenters. The number of nitrogens with zero attached hydrogens (tertiary/aromatic N) is 3. The zero-order valence-corrected chi connectivity index (χ0v) is 12.0. The van der Waals surface area contributed by atoms with E-state index in [0.717, 1.165) is 31.4 Å². The molecule has 1 saturated carbocycles. The van der Waals surface area contributed by atoms with Crippen LogP contribution >= 0.6 is 0 Å². The maximum Gasteiger partial charge on any atom is 0.363 e. The largest absolute Gasteiger partial charge is 0.369 e. The molecule has 2 heterocycles. The monoisotopic (exact) mass is 293 g/mol. The molecule has 2 aliphatic rings. The number of ether oxygens (including phenoxy) is 2. The second kappa shape index (κ2) is 5.57. The SMILES string of the molecule is CN(c1ccc([N+](=O)[O-])nc1)C1CCC2(CC1)OCCO2. The molecule has 0 bridgehead atoms. The fraction of sp³-hybridized carbons (Fsp3) is 0.643. The highest BCUT2D eigenvalue weighted by Crippen LogP contribution is 2.38. The second-order valence-corrected chi connectivity index (χ2v) is 5.58. The predicted octanol–water partition coefficient (Wildman–Crippen LogP) is 2.11. The molecule has 1 saturated heterocycles. The number of pyridine rings is 1. The lowest BCUT2D eigenvalue weighted by molar-refractivity contribution is -0.389. The molecule has 0 atom stereocenters. The Morgan fingerprint density at radius 1 is 1.33 bits per heavy atom. The Bertz CT molecular complexity index is 503. The Kier molecular flexibility index (Phi) is 3.77. The second-order valence-electron chi connectivity index (χ2n) is 5.58. The summed E-state index contributed by atoms with van der Waals surface area (Å²) in [6, 6.07) is 3.57. The smallest absolute Gasteiger partial charge is 0.363 e. The Morgan fingerprint density at radius 3 is 2.52 bits per heavy atom. The van der Waals surface area contributed by atoms with Crippen LogP contribution in [0.5, 0.6) is 0 Å². The topological polar surface area (TPSA) is 77.7 Å². The Hall–Kier alpha value is -1.73. The summed E-state index contributed by atoms with van der Waals surface area (Å²) in [5.41, 5.74) is 0.898. The third kappa shape index (κ3) is 2.84. The van der Waals surface area contributed by atoms with Gasteiger partial charge in [-0.05, 0) is 28.8 Å². The van der Waals surface area contributed by atoms with Gasteiger partial charge in [-0.1, -0.05) is 0 Å². The van der Waals surface area contributed by atoms with Gasteiger partial charge in [-0.2, -0.15) is 0 Å². The van der Waals surface area contributed by atoms with Gasteiger partial charge >= 0.3 is 5.82 Å². The standard InChI is InChI=1S/C14H19N3O4/c1-16(12-2-3-13(15-10-12)17(18)19)11-4-6-14(7-5-11)20-8-9-21-14/h2-3,10-11H,4-9H2,1H3. The number of hydrogen-bond donors (Lipinski definition) is 0. The van der Waals surface area contributed by atoms with E-state index in [1.54, 1.807) is 12.3 Å². The van der Waals surface area contributed by atoms with Crippen LogP contribution in [-0.2, 0) is 9.47 Å². The van der Waals surface area contributed by atoms with Crippen molar-refractivity contribution in [1.82, 2.24) is 4.98 Å². The Morgan fingerprint density at radius 2 is 2.00 bits per heavy atom. The third-order valence-corrected chi connectivity index (χ3v) is 4.40. The zero-order valence-electron chi connectivity index (χ0n) is 12.0. The molecule has 3 rings (SSSR count). The molecule has 1 aliphatic carbocycles. The van der Waals surface area contributed by atoms with Crippen molar-refractivity contribution < 1.29 is 14.4 Å². The van der Waals surface area contributed by atoms with E-state index < -0.39 is 4.92 Å². The lowest BCUT2D eigenvalue weighted by Gasteiger charge is -2.39. The van der Waals surface area contributed by atoms with Crippen LogP contribution in [0.2, 0.25) is 0 Å². The third-order valence-electron chi connectivity index (χ3n) is 4.40. The molecule has 21 heavy (non-hydrogen) atoms. The zero-order chi connectivity index (χ0) is 14.9. The summed E-state index contributed by atoms with van der Waals surface area (Å²) in [5, 5.41) is 10.6. The molecule has 1 aromatic rings. The van der Waals surface area contributed by atoms with Crippen LogP contribution in [0.3, 0.4) is 0 Å². The van der Waals surface area contributed by atoms with E-state index in [1.807, 2.05) is 7.05 Å². The lowest BCUT2D eigenvalue weighted by atomic mass is 9.89. The molecule has 1 aliphatic heterocycles. The van der Waals surface area contributed by atoms with E-state index in [0.29, 0.717) is 19.3 Å². The van der Waals surface area contributed by atoms with Gasteiger partial charge in [-0.15, -0.1) is 0 Å². The van der Waals surface area contributed by atoms with Gasteiger partial charge in [-0.25, -0.2) is 0 Å². The van der Waals surface area contributed by atoms with E-state index in [4.69, 9.17) is 9.47 Å². The fourth-order valence-electron chi connectivity index (χ4n) is 3.12. The van der Waals surface area contributed by atoms with Crippen LogP contribution in [-0.4, -0.2) is 42.0 Å². The van der Waals surface area contributed by atoms with E-state index in [9.17, 15) is 10.1 Å². The van der Waals surface area contributed by atoms with Gasteiger partial charge in [0.15, 0.2) is 12.0 Å². The fourth-order valence-corrected chi connectivity index (χ4v) is 3.12. The molecule has 114 valence electrons. The highest BCUT2D eigenvalue weighted by atomic mass is 16.7. The lowest BCUT2D eigenvalue weighted by Crippen LogP contribution is -2.42. The first-order valence-corrected chi connectivity index (χ1v) is 7.21. The van der Waals surface area contributed by atoms with Crippen LogP contribution in [0.4, 0.5) is 11.5 Å². The number of hydrogen-bond acceptors (Lipinski definition) is 6. The molecule has 0 amide bonds. The minimum atomic E-state index is -0.483. The molecule has 1 aromatic heterocycles. The van der Waals surface area contributed by atoms with Gasteiger partial charge in [0.25, 0.3) is 0 Å². The predicted molar refractivity (Wildman–Crippen MR) is 76.2 cm³/mol. The molecule has 0 radical (unpaired) electrons. The van der Waals surface area contributed by atoms with Gasteiger partial charge in [0.05, 0.1) is 18.9 Å². The van der Waals surface area contributed by atoms with Gasteiger partial charge in [0.1, 0.15) is 0 Å². The molecule has 7 nitrogen and oxygen atoms in total. The molecule has 7 heteroatoms. The molecule has 0 N–H and O–H groups in total. The van der Waals surface area contributed by atoms with E-state index in [-0.39, 0.29) is 11.6 Å². The van der Waals surface area contributed by atoms with E-state index in [2.05, 4.69) is 9.88 Å². The first-order chi connectivity index (χ1) is 10.1. The number of aromatic nitrogens is 1. The van der Waals surface area contributed by atoms with Crippen LogP contribution in [0.1, 0.15) is 25.7 Å². The van der Waals surface area contributed by atoms with Gasteiger partial charge in [0.2, 0.25) is 0 Å². The average Bonchev–Trinajstić information content (AvgIpc) is 2.96. The molecular formula is C14H19N3O4. The number of rotatable bonds is 3. The minimum Gasteiger partial charge on any atom is -0.369 e. The summed E-state index contributed by atoms with van der Waals surface area (Å²) in [6.07, 6.45) is 5.30. The summed E-state index contributed by atoms with van der Waals surface area (Å²) >= 11 is 0. The Balaban J connectivity index is 1.63. The number of anilines is 1. The molecule has 0 aromatic carbocycles. The van der Waals surface area contributed by atoms with Crippen molar-refractivity contribution in [1.29, 1.82) is 0 Å². The van der Waals surface area contributed by atoms with Crippen molar-refractivity contribution in [2.75, 3.05) is 25.2 Å². The average molecular weight is 293 g/mol. The number of nitro groups is 1. The summed E-state index contributed by atoms with van der Waals surface area (Å²) in [6.45, 7) is 1.37. The van der Waals surface area contributed by atoms with Crippen molar-refractivity contribution in [2.45, 2.75) is 37.5 Å². The maximum absolute atomic E-state index is 10.6. The molecular weight excluding hydrogens is 274 g/mol. The first kappa shape index (κ1) is 14.2. The summed E-state index contributed by atoms with van der Waals surface area (Å²) in [5.74, 6) is -0.479. The van der Waals surface area contributed by atoms with Crippen molar-refractivity contribution in [3.8, 4) is 0 Å². The summed E-state index contributed by atoms with van der Waals surface area (Å²) < 4.78 is 11.5. The van der Waals surface area contributed by atoms with E-state index in [1.165, 1.54) is 6.07 Å². The van der Waals surface area contributed by atoms with Gasteiger partial charge in [-0.3, -0.25) is 0 Å². The molecule has 2 fully saturated rings. The summed E-state index contributed by atoms with van der Waals surface area (Å²) in [4.78, 5) is 16.2. The summed E-state index contributed by atoms with van der Waals surface area (Å²) in [7, 11) is 2.00. The highest BCUT2D eigenvalue weighted by Gasteiger charge is 2.41. The van der Waals surface area contributed by atoms with E-state index >= 15 is 0 Å². The Labute approximate surface area is 123 Å². The molecule has 1 spiro atoms. The first-order valence-electron chi connectivity index (χ1n) is 7.21.